The quantitative estimate of drug-likeness (QED) is 0.122. The van der Waals surface area contributed by atoms with Crippen molar-refractivity contribution in [1.29, 1.82) is 0 Å². The minimum atomic E-state index is -5.37. The number of halogens is 24. The fourth-order valence-electron chi connectivity index (χ4n) is 8.57. The smallest absolute Gasteiger partial charge is 0.403 e. The molecule has 2 aliphatic rings. The SMILES string of the molecule is C[Si](C)(C)OC(c1cc(C(F)(F)F)cc(C(F)(F)F)c1)(c1cc(C(F)(F)F)cc(C(F)(F)F)c1)[C@@H]1CCCN1.OC(c1cc(C(F)(F)F)cc(C(F)(F)F)c1)(c1cc(C(F)(F)F)cc(C(F)(F)F)c1)[C@@H]1CCCN1. The van der Waals surface area contributed by atoms with Crippen LogP contribution >= 0.6 is 0 Å². The maximum atomic E-state index is 13.8. The zero-order valence-electron chi connectivity index (χ0n) is 37.8. The molecule has 6 rings (SSSR count). The molecule has 0 aromatic heterocycles. The average Bonchev–Trinajstić information content (AvgIpc) is 3.99. The minimum absolute atomic E-state index is 0.0142. The lowest BCUT2D eigenvalue weighted by molar-refractivity contribution is -0.145. The summed E-state index contributed by atoms with van der Waals surface area (Å²) in [6.07, 6.45) is -42.5. The summed E-state index contributed by atoms with van der Waals surface area (Å²) in [5.74, 6) is 0. The highest BCUT2D eigenvalue weighted by atomic mass is 28.4. The molecular formula is C45H38F24N2O2Si. The van der Waals surface area contributed by atoms with E-state index < -0.39 is 148 Å². The number of hydrogen-bond acceptors (Lipinski definition) is 4. The van der Waals surface area contributed by atoms with E-state index in [1.54, 1.807) is 0 Å². The largest absolute Gasteiger partial charge is 0.416 e. The molecule has 0 saturated carbocycles. The minimum Gasteiger partial charge on any atom is -0.403 e. The van der Waals surface area contributed by atoms with E-state index in [0.29, 0.717) is 24.3 Å². The van der Waals surface area contributed by atoms with Crippen molar-refractivity contribution in [2.24, 2.45) is 0 Å². The first-order valence-electron chi connectivity index (χ1n) is 21.3. The van der Waals surface area contributed by atoms with Gasteiger partial charge in [0.25, 0.3) is 0 Å². The number of alkyl halides is 24. The van der Waals surface area contributed by atoms with Crippen LogP contribution in [-0.4, -0.2) is 38.6 Å². The second-order valence-corrected chi connectivity index (χ2v) is 22.6. The summed E-state index contributed by atoms with van der Waals surface area (Å²) in [4.78, 5) is 0. The van der Waals surface area contributed by atoms with Gasteiger partial charge in [0.15, 0.2) is 8.32 Å². The fraction of sp³-hybridized carbons (Fsp3) is 0.467. The maximum absolute atomic E-state index is 13.8. The van der Waals surface area contributed by atoms with Crippen molar-refractivity contribution in [2.75, 3.05) is 13.1 Å². The average molecular weight is 1120 g/mol. The Kier molecular flexibility index (Phi) is 16.2. The van der Waals surface area contributed by atoms with E-state index in [2.05, 4.69) is 10.6 Å². The highest BCUT2D eigenvalue weighted by molar-refractivity contribution is 6.69. The van der Waals surface area contributed by atoms with Crippen LogP contribution in [-0.2, 0) is 65.0 Å². The van der Waals surface area contributed by atoms with E-state index in [9.17, 15) is 110 Å². The first-order valence-corrected chi connectivity index (χ1v) is 24.7. The number of aliphatic hydroxyl groups is 1. The van der Waals surface area contributed by atoms with Crippen LogP contribution in [0.2, 0.25) is 19.6 Å². The Bertz CT molecular complexity index is 2340. The Morgan fingerprint density at radius 2 is 0.554 bits per heavy atom. The summed E-state index contributed by atoms with van der Waals surface area (Å²) >= 11 is 0. The molecule has 29 heteroatoms. The normalized spacial score (nSPS) is 18.2. The Balaban J connectivity index is 0.000000276. The van der Waals surface area contributed by atoms with E-state index >= 15 is 0 Å². The molecule has 2 aliphatic heterocycles. The summed E-state index contributed by atoms with van der Waals surface area (Å²) in [5.41, 5.74) is -24.4. The van der Waals surface area contributed by atoms with Gasteiger partial charge in [-0.15, -0.1) is 0 Å². The van der Waals surface area contributed by atoms with Gasteiger partial charge in [0.1, 0.15) is 11.2 Å². The third-order valence-corrected chi connectivity index (χ3v) is 12.6. The molecule has 412 valence electrons. The lowest BCUT2D eigenvalue weighted by Crippen LogP contribution is -2.53. The highest BCUT2D eigenvalue weighted by Crippen LogP contribution is 2.50. The molecule has 0 radical (unpaired) electrons. The zero-order valence-corrected chi connectivity index (χ0v) is 38.8. The van der Waals surface area contributed by atoms with Crippen LogP contribution in [0.3, 0.4) is 0 Å². The van der Waals surface area contributed by atoms with Crippen molar-refractivity contribution in [2.45, 2.75) is 118 Å². The van der Waals surface area contributed by atoms with Crippen molar-refractivity contribution in [3.63, 3.8) is 0 Å². The van der Waals surface area contributed by atoms with E-state index in [1.807, 2.05) is 0 Å². The van der Waals surface area contributed by atoms with E-state index in [-0.39, 0.29) is 87.3 Å². The van der Waals surface area contributed by atoms with Crippen LogP contribution in [0.5, 0.6) is 0 Å². The summed E-state index contributed by atoms with van der Waals surface area (Å²) in [6, 6.07) is -2.08. The Hall–Kier alpha value is -4.74. The highest BCUT2D eigenvalue weighted by Gasteiger charge is 2.52. The Labute approximate surface area is 404 Å². The lowest BCUT2D eigenvalue weighted by atomic mass is 9.77. The summed E-state index contributed by atoms with van der Waals surface area (Å²) in [6.45, 7) is 4.61. The third-order valence-electron chi connectivity index (χ3n) is 11.7. The molecule has 3 N–H and O–H groups in total. The number of rotatable bonds is 8. The monoisotopic (exact) mass is 1120 g/mol. The van der Waals surface area contributed by atoms with Crippen molar-refractivity contribution in [3.05, 3.63) is 140 Å². The predicted octanol–water partition coefficient (Wildman–Crippen LogP) is 15.4. The van der Waals surface area contributed by atoms with Gasteiger partial charge >= 0.3 is 49.4 Å². The lowest BCUT2D eigenvalue weighted by Gasteiger charge is -2.45. The molecule has 0 aliphatic carbocycles. The molecular weight excluding hydrogens is 1080 g/mol. The van der Waals surface area contributed by atoms with Crippen molar-refractivity contribution >= 4 is 8.32 Å². The second kappa shape index (κ2) is 20.0. The topological polar surface area (TPSA) is 53.5 Å². The predicted molar refractivity (Wildman–Crippen MR) is 216 cm³/mol. The van der Waals surface area contributed by atoms with Gasteiger partial charge in [0.05, 0.1) is 44.5 Å². The summed E-state index contributed by atoms with van der Waals surface area (Å²) in [5, 5.41) is 16.9. The van der Waals surface area contributed by atoms with Gasteiger partial charge in [-0.2, -0.15) is 105 Å². The van der Waals surface area contributed by atoms with Crippen LogP contribution in [0.15, 0.2) is 72.8 Å². The van der Waals surface area contributed by atoms with Crippen LogP contribution in [0.1, 0.15) is 92.4 Å². The summed E-state index contributed by atoms with van der Waals surface area (Å²) in [7, 11) is -3.14. The molecule has 2 fully saturated rings. The molecule has 74 heavy (non-hydrogen) atoms. The summed E-state index contributed by atoms with van der Waals surface area (Å²) < 4.78 is 332. The van der Waals surface area contributed by atoms with Crippen molar-refractivity contribution < 1.29 is 115 Å². The number of benzene rings is 4. The van der Waals surface area contributed by atoms with Crippen LogP contribution in [0.25, 0.3) is 0 Å². The van der Waals surface area contributed by atoms with Crippen molar-refractivity contribution in [3.8, 4) is 0 Å². The number of hydrogen-bond donors (Lipinski definition) is 3. The molecule has 0 bridgehead atoms. The zero-order chi connectivity index (χ0) is 56.4. The van der Waals surface area contributed by atoms with E-state index in [0.717, 1.165) is 0 Å². The molecule has 2 saturated heterocycles. The molecule has 0 amide bonds. The van der Waals surface area contributed by atoms with E-state index in [1.165, 1.54) is 19.6 Å². The number of nitrogens with one attached hydrogen (secondary N) is 2. The van der Waals surface area contributed by atoms with Crippen molar-refractivity contribution in [1.82, 2.24) is 10.6 Å². The molecule has 4 aromatic carbocycles. The second-order valence-electron chi connectivity index (χ2n) is 18.2. The van der Waals surface area contributed by atoms with Gasteiger partial charge in [0, 0.05) is 12.1 Å². The molecule has 2 heterocycles. The molecule has 2 atom stereocenters. The van der Waals surface area contributed by atoms with Gasteiger partial charge in [-0.3, -0.25) is 0 Å². The van der Waals surface area contributed by atoms with Crippen LogP contribution in [0, 0.1) is 0 Å². The Morgan fingerprint density at radius 1 is 0.351 bits per heavy atom. The first-order chi connectivity index (χ1) is 33.2. The molecule has 4 nitrogen and oxygen atoms in total. The maximum Gasteiger partial charge on any atom is 0.416 e. The van der Waals surface area contributed by atoms with Crippen LogP contribution in [0.4, 0.5) is 105 Å². The fourth-order valence-corrected chi connectivity index (χ4v) is 9.92. The molecule has 0 spiro atoms. The first kappa shape index (κ1) is 60.1. The van der Waals surface area contributed by atoms with Gasteiger partial charge in [-0.1, -0.05) is 0 Å². The standard InChI is InChI=1S/C24H23F12NOSi.C21H15F12NO/c1-39(2,3)38-20(19-5-4-6-37-19,13-7-15(21(25,26)27)11-16(8-13)22(28,29)30)14-9-17(23(31,32)33)12-18(10-14)24(34,35)36;22-18(23,24)12-4-10(5-13(8-12)19(25,26)27)17(35,16-2-1-3-34-16)11-6-14(20(28,29)30)9-15(7-11)21(31,32)33/h7-12,19,37H,4-6H2,1-3H3;4-9,16,34-35H,1-3H2/t19-;16-/m00/s1. The molecule has 4 aromatic rings. The van der Waals surface area contributed by atoms with Crippen LogP contribution < -0.4 is 10.6 Å². The van der Waals surface area contributed by atoms with Gasteiger partial charge < -0.3 is 20.2 Å². The van der Waals surface area contributed by atoms with Gasteiger partial charge in [-0.25, -0.2) is 0 Å². The third kappa shape index (κ3) is 13.6. The van der Waals surface area contributed by atoms with E-state index in [4.69, 9.17) is 4.43 Å². The molecule has 0 unspecified atom stereocenters. The Morgan fingerprint density at radius 3 is 0.743 bits per heavy atom. The van der Waals surface area contributed by atoms with Gasteiger partial charge in [0.2, 0.25) is 0 Å². The van der Waals surface area contributed by atoms with Gasteiger partial charge in [-0.05, 0) is 153 Å².